The van der Waals surface area contributed by atoms with E-state index in [2.05, 4.69) is 4.98 Å². The molecule has 1 rings (SSSR count). The number of aromatic amines is 1. The maximum atomic E-state index is 10.5. The lowest BCUT2D eigenvalue weighted by molar-refractivity contribution is 0.281. The number of hydrogen-bond donors (Lipinski definition) is 2. The molecule has 0 aliphatic carbocycles. The Hall–Kier alpha value is -0.800. The van der Waals surface area contributed by atoms with Gasteiger partial charge in [-0.2, -0.15) is 0 Å². The lowest BCUT2D eigenvalue weighted by Gasteiger charge is -1.95. The molecule has 0 saturated heterocycles. The summed E-state index contributed by atoms with van der Waals surface area (Å²) >= 11 is 5.51. The average molecular weight is 160 g/mol. The first kappa shape index (κ1) is 7.31. The largest absolute Gasteiger partial charge is 0.392 e. The van der Waals surface area contributed by atoms with Crippen molar-refractivity contribution in [1.29, 1.82) is 0 Å². The maximum absolute atomic E-state index is 10.5. The van der Waals surface area contributed by atoms with Gasteiger partial charge in [0.05, 0.1) is 6.61 Å². The molecular formula is C6H6ClNO2. The quantitative estimate of drug-likeness (QED) is 0.587. The molecule has 0 saturated carbocycles. The van der Waals surface area contributed by atoms with E-state index in [1.807, 2.05) is 0 Å². The van der Waals surface area contributed by atoms with Crippen LogP contribution in [-0.4, -0.2) is 10.1 Å². The van der Waals surface area contributed by atoms with Gasteiger partial charge in [-0.3, -0.25) is 4.79 Å². The lowest BCUT2D eigenvalue weighted by Crippen LogP contribution is -2.04. The number of aromatic nitrogens is 1. The summed E-state index contributed by atoms with van der Waals surface area (Å²) in [6, 6.07) is 2.80. The Morgan fingerprint density at radius 2 is 2.30 bits per heavy atom. The second-order valence-corrected chi connectivity index (χ2v) is 2.20. The highest BCUT2D eigenvalue weighted by Crippen LogP contribution is 2.08. The minimum atomic E-state index is -0.262. The molecule has 1 aromatic rings. The fourth-order valence-electron chi connectivity index (χ4n) is 0.602. The number of aliphatic hydroxyl groups excluding tert-OH is 1. The summed E-state index contributed by atoms with van der Waals surface area (Å²) < 4.78 is 0. The Kier molecular flexibility index (Phi) is 2.09. The van der Waals surface area contributed by atoms with Crippen LogP contribution >= 0.6 is 11.6 Å². The van der Waals surface area contributed by atoms with E-state index in [0.29, 0.717) is 5.56 Å². The number of aliphatic hydroxyl groups is 1. The van der Waals surface area contributed by atoms with Gasteiger partial charge in [-0.1, -0.05) is 11.6 Å². The van der Waals surface area contributed by atoms with Crippen LogP contribution in [0.4, 0.5) is 0 Å². The van der Waals surface area contributed by atoms with E-state index in [-0.39, 0.29) is 17.3 Å². The van der Waals surface area contributed by atoms with E-state index < -0.39 is 0 Å². The third-order valence-electron chi connectivity index (χ3n) is 1.12. The average Bonchev–Trinajstić information content (AvgIpc) is 1.88. The van der Waals surface area contributed by atoms with Crippen molar-refractivity contribution < 1.29 is 5.11 Å². The second kappa shape index (κ2) is 2.86. The number of halogens is 1. The van der Waals surface area contributed by atoms with Crippen LogP contribution in [0.1, 0.15) is 5.56 Å². The molecule has 0 radical (unpaired) electrons. The molecule has 0 bridgehead atoms. The Labute approximate surface area is 62.3 Å². The zero-order valence-corrected chi connectivity index (χ0v) is 5.85. The van der Waals surface area contributed by atoms with Crippen LogP contribution in [0.25, 0.3) is 0 Å². The number of hydrogen-bond acceptors (Lipinski definition) is 2. The van der Waals surface area contributed by atoms with Gasteiger partial charge in [-0.15, -0.1) is 0 Å². The SMILES string of the molecule is O=c1ccc(CO)c(Cl)[nH]1. The highest BCUT2D eigenvalue weighted by molar-refractivity contribution is 6.30. The molecule has 0 aliphatic heterocycles. The van der Waals surface area contributed by atoms with Crippen molar-refractivity contribution in [2.45, 2.75) is 6.61 Å². The van der Waals surface area contributed by atoms with Gasteiger partial charge in [0.2, 0.25) is 5.56 Å². The molecule has 1 aromatic heterocycles. The van der Waals surface area contributed by atoms with Crippen molar-refractivity contribution in [2.24, 2.45) is 0 Å². The molecule has 0 fully saturated rings. The van der Waals surface area contributed by atoms with Crippen molar-refractivity contribution in [3.05, 3.63) is 33.2 Å². The first-order valence-corrected chi connectivity index (χ1v) is 3.10. The van der Waals surface area contributed by atoms with Crippen molar-refractivity contribution >= 4 is 11.6 Å². The highest BCUT2D eigenvalue weighted by Gasteiger charge is 1.96. The predicted molar refractivity (Wildman–Crippen MR) is 38.0 cm³/mol. The molecule has 0 aromatic carbocycles. The molecule has 54 valence electrons. The topological polar surface area (TPSA) is 53.1 Å². The number of nitrogens with one attached hydrogen (secondary N) is 1. The molecule has 2 N–H and O–H groups in total. The van der Waals surface area contributed by atoms with Crippen LogP contribution in [0.2, 0.25) is 5.15 Å². The van der Waals surface area contributed by atoms with Gasteiger partial charge >= 0.3 is 0 Å². The Morgan fingerprint density at radius 3 is 2.80 bits per heavy atom. The predicted octanol–water partition coefficient (Wildman–Crippen LogP) is 0.521. The molecule has 10 heavy (non-hydrogen) atoms. The summed E-state index contributed by atoms with van der Waals surface area (Å²) in [5, 5.41) is 8.81. The summed E-state index contributed by atoms with van der Waals surface area (Å²) in [5.41, 5.74) is 0.267. The standard InChI is InChI=1S/C6H6ClNO2/c7-6-4(3-9)1-2-5(10)8-6/h1-2,9H,3H2,(H,8,10). The Bertz CT molecular complexity index is 281. The van der Waals surface area contributed by atoms with E-state index >= 15 is 0 Å². The fraction of sp³-hybridized carbons (Fsp3) is 0.167. The molecule has 4 heteroatoms. The van der Waals surface area contributed by atoms with Crippen LogP contribution in [0, 0.1) is 0 Å². The Balaban J connectivity index is 3.19. The zero-order valence-electron chi connectivity index (χ0n) is 5.10. The van der Waals surface area contributed by atoms with Crippen LogP contribution < -0.4 is 5.56 Å². The second-order valence-electron chi connectivity index (χ2n) is 1.82. The highest BCUT2D eigenvalue weighted by atomic mass is 35.5. The van der Waals surface area contributed by atoms with Gasteiger partial charge in [0.25, 0.3) is 0 Å². The van der Waals surface area contributed by atoms with Crippen LogP contribution in [0.5, 0.6) is 0 Å². The summed E-state index contributed by atoms with van der Waals surface area (Å²) in [6.45, 7) is -0.157. The fourth-order valence-corrected chi connectivity index (χ4v) is 0.818. The van der Waals surface area contributed by atoms with Crippen molar-refractivity contribution in [1.82, 2.24) is 4.98 Å². The molecule has 0 spiro atoms. The summed E-state index contributed by atoms with van der Waals surface area (Å²) in [7, 11) is 0. The van der Waals surface area contributed by atoms with Gasteiger partial charge in [0.1, 0.15) is 5.15 Å². The molecule has 1 heterocycles. The first-order valence-electron chi connectivity index (χ1n) is 2.72. The van der Waals surface area contributed by atoms with Crippen LogP contribution in [0.3, 0.4) is 0 Å². The molecule has 3 nitrogen and oxygen atoms in total. The van der Waals surface area contributed by atoms with E-state index in [4.69, 9.17) is 16.7 Å². The molecule has 0 aliphatic rings. The van der Waals surface area contributed by atoms with Crippen LogP contribution in [0.15, 0.2) is 16.9 Å². The third kappa shape index (κ3) is 1.37. The zero-order chi connectivity index (χ0) is 7.56. The molecular weight excluding hydrogens is 154 g/mol. The Morgan fingerprint density at radius 1 is 1.60 bits per heavy atom. The van der Waals surface area contributed by atoms with Gasteiger partial charge in [-0.05, 0) is 6.07 Å². The van der Waals surface area contributed by atoms with E-state index in [1.54, 1.807) is 0 Å². The van der Waals surface area contributed by atoms with Crippen molar-refractivity contribution in [3.8, 4) is 0 Å². The van der Waals surface area contributed by atoms with Gasteiger partial charge in [-0.25, -0.2) is 0 Å². The van der Waals surface area contributed by atoms with Gasteiger partial charge in [0.15, 0.2) is 0 Å². The first-order chi connectivity index (χ1) is 4.74. The van der Waals surface area contributed by atoms with Crippen LogP contribution in [-0.2, 0) is 6.61 Å². The van der Waals surface area contributed by atoms with E-state index in [9.17, 15) is 4.79 Å². The van der Waals surface area contributed by atoms with E-state index in [0.717, 1.165) is 0 Å². The smallest absolute Gasteiger partial charge is 0.249 e. The summed E-state index contributed by atoms with van der Waals surface area (Å²) in [5.74, 6) is 0. The number of pyridine rings is 1. The minimum Gasteiger partial charge on any atom is -0.392 e. The summed E-state index contributed by atoms with van der Waals surface area (Å²) in [4.78, 5) is 12.9. The van der Waals surface area contributed by atoms with E-state index in [1.165, 1.54) is 12.1 Å². The normalized spacial score (nSPS) is 9.80. The van der Waals surface area contributed by atoms with Gasteiger partial charge < -0.3 is 10.1 Å². The molecule has 0 amide bonds. The van der Waals surface area contributed by atoms with Crippen molar-refractivity contribution in [2.75, 3.05) is 0 Å². The van der Waals surface area contributed by atoms with Gasteiger partial charge in [0, 0.05) is 11.6 Å². The molecule has 0 unspecified atom stereocenters. The summed E-state index contributed by atoms with van der Waals surface area (Å²) in [6.07, 6.45) is 0. The monoisotopic (exact) mass is 159 g/mol. The maximum Gasteiger partial charge on any atom is 0.249 e. The number of H-pyrrole nitrogens is 1. The molecule has 0 atom stereocenters. The third-order valence-corrected chi connectivity index (χ3v) is 1.46. The minimum absolute atomic E-state index is 0.157. The number of rotatable bonds is 1. The van der Waals surface area contributed by atoms with Crippen molar-refractivity contribution in [3.63, 3.8) is 0 Å². The lowest BCUT2D eigenvalue weighted by atomic mass is 10.3.